The first-order chi connectivity index (χ1) is 32.7. The Kier molecular flexibility index (Phi) is 18.4. The molecule has 0 spiro atoms. The summed E-state index contributed by atoms with van der Waals surface area (Å²) < 4.78 is 106. The van der Waals surface area contributed by atoms with Crippen molar-refractivity contribution < 1.29 is 84.2 Å². The smallest absolute Gasteiger partial charge is 0.416 e. The number of nitrogens with zero attached hydrogens (tertiary/aromatic N) is 1. The highest BCUT2D eigenvalue weighted by molar-refractivity contribution is 6.00. The lowest BCUT2D eigenvalue weighted by molar-refractivity contribution is -0.155. The van der Waals surface area contributed by atoms with E-state index in [1.54, 1.807) is 32.9 Å². The fourth-order valence-corrected chi connectivity index (χ4v) is 6.77. The largest absolute Gasteiger partial charge is 0.508 e. The number of nitrogens with one attached hydrogen (secondary N) is 1. The number of amides is 2. The van der Waals surface area contributed by atoms with Gasteiger partial charge in [0.1, 0.15) is 52.2 Å². The molecule has 0 atom stereocenters. The summed E-state index contributed by atoms with van der Waals surface area (Å²) in [6.45, 7) is 4.72. The zero-order chi connectivity index (χ0) is 52.1. The summed E-state index contributed by atoms with van der Waals surface area (Å²) in [5, 5.41) is 21.2. The highest BCUT2D eigenvalue weighted by Gasteiger charge is 2.35. The summed E-state index contributed by atoms with van der Waals surface area (Å²) in [5.41, 5.74) is -1.82. The summed E-state index contributed by atoms with van der Waals surface area (Å²) in [6, 6.07) is 21.1. The van der Waals surface area contributed by atoms with Crippen LogP contribution in [0, 0.1) is 0 Å². The highest BCUT2D eigenvalue weighted by Crippen LogP contribution is 2.36. The number of phenols is 1. The monoisotopic (exact) mass is 984 g/mol. The Labute approximate surface area is 398 Å². The number of hydrogen-bond acceptors (Lipinski definition) is 11. The van der Waals surface area contributed by atoms with Crippen LogP contribution in [-0.4, -0.2) is 85.2 Å². The zero-order valence-electron chi connectivity index (χ0n) is 39.0. The van der Waals surface area contributed by atoms with Gasteiger partial charge >= 0.3 is 24.3 Å². The van der Waals surface area contributed by atoms with E-state index in [0.717, 1.165) is 12.1 Å². The van der Waals surface area contributed by atoms with Crippen LogP contribution in [-0.2, 0) is 57.3 Å². The number of anilines is 1. The summed E-state index contributed by atoms with van der Waals surface area (Å²) in [5.74, 6) is -3.35. The number of ketones is 1. The van der Waals surface area contributed by atoms with Crippen molar-refractivity contribution in [2.75, 3.05) is 40.3 Å². The molecule has 3 N–H and O–H groups in total. The van der Waals surface area contributed by atoms with Crippen LogP contribution in [0.4, 0.5) is 32.0 Å². The molecular formula is C50H50F6N2O12. The Morgan fingerprint density at radius 2 is 1.11 bits per heavy atom. The fraction of sp³-hybridized carbons (Fsp3) is 0.300. The van der Waals surface area contributed by atoms with Gasteiger partial charge in [-0.05, 0) is 104 Å². The molecule has 0 fully saturated rings. The Bertz CT molecular complexity index is 2680. The highest BCUT2D eigenvalue weighted by atomic mass is 19.4. The van der Waals surface area contributed by atoms with Crippen LogP contribution in [0.15, 0.2) is 97.1 Å². The standard InChI is InChI=1S/C31H33F3N2O7.C19H17F3O5/c1-30(2,3)43-28(39)18-36(17-19-6-10-22(37)11-7-19)29(40)24-13-9-21(15-26(24)42-5)35-27(38)14-20-8-12-23(41-4)16-25(20)31(32,33)34;1-26-14-5-4-12(16(10-14)19(20,21)22)9-13(23)7-11-3-6-15(18(24)25)17(8-11)27-2/h6-13,15-16,37H,14,17-18H2,1-5H3,(H,35,38);3-6,8,10H,7,9H2,1-2H3,(H,24,25). The number of carbonyl (C=O) groups excluding carboxylic acids is 4. The number of alkyl halides is 6. The number of phenolic OH excluding ortho intramolecular Hbond substituents is 1. The van der Waals surface area contributed by atoms with Gasteiger partial charge in [-0.3, -0.25) is 19.2 Å². The lowest BCUT2D eigenvalue weighted by Crippen LogP contribution is -2.38. The van der Waals surface area contributed by atoms with Crippen molar-refractivity contribution in [3.05, 3.63) is 142 Å². The first-order valence-corrected chi connectivity index (χ1v) is 20.9. The number of esters is 1. The molecule has 5 aromatic carbocycles. The van der Waals surface area contributed by atoms with Crippen molar-refractivity contribution in [1.29, 1.82) is 0 Å². The number of carbonyl (C=O) groups is 5. The van der Waals surface area contributed by atoms with E-state index in [-0.39, 0.29) is 76.2 Å². The number of methoxy groups -OCH3 is 4. The number of hydrogen-bond donors (Lipinski definition) is 3. The molecule has 0 bridgehead atoms. The molecule has 14 nitrogen and oxygen atoms in total. The van der Waals surface area contributed by atoms with Gasteiger partial charge in [0, 0.05) is 31.1 Å². The van der Waals surface area contributed by atoms with Gasteiger partial charge in [0.25, 0.3) is 5.91 Å². The van der Waals surface area contributed by atoms with Gasteiger partial charge in [-0.15, -0.1) is 0 Å². The molecule has 5 aromatic rings. The number of Topliss-reactive ketones (excluding diaryl/α,β-unsaturated/α-hetero) is 1. The number of rotatable bonds is 17. The SMILES string of the molecule is COc1ccc(CC(=O)Cc2ccc(C(=O)O)c(OC)c2)c(C(F)(F)F)c1.COc1ccc(CC(=O)Nc2ccc(C(=O)N(CC(=O)OC(C)(C)C)Cc3ccc(O)cc3)c(OC)c2)c(C(F)(F)F)c1. The van der Waals surface area contributed by atoms with Gasteiger partial charge in [0.2, 0.25) is 5.91 Å². The Morgan fingerprint density at radius 1 is 0.600 bits per heavy atom. The normalized spacial score (nSPS) is 11.3. The maximum absolute atomic E-state index is 13.6. The average Bonchev–Trinajstić information content (AvgIpc) is 3.28. The maximum Gasteiger partial charge on any atom is 0.416 e. The van der Waals surface area contributed by atoms with Gasteiger partial charge in [0.05, 0.1) is 51.6 Å². The third kappa shape index (κ3) is 15.9. The second-order valence-electron chi connectivity index (χ2n) is 16.3. The molecular weight excluding hydrogens is 935 g/mol. The molecule has 0 radical (unpaired) electrons. The molecule has 70 heavy (non-hydrogen) atoms. The van der Waals surface area contributed by atoms with Gasteiger partial charge < -0.3 is 44.1 Å². The number of carboxylic acid groups (broad SMARTS) is 1. The first kappa shape index (κ1) is 54.8. The van der Waals surface area contributed by atoms with Crippen molar-refractivity contribution in [1.82, 2.24) is 4.90 Å². The third-order valence-corrected chi connectivity index (χ3v) is 9.93. The lowest BCUT2D eigenvalue weighted by atomic mass is 9.97. The minimum Gasteiger partial charge on any atom is -0.508 e. The molecule has 0 saturated heterocycles. The maximum atomic E-state index is 13.6. The number of aromatic carboxylic acids is 1. The van der Waals surface area contributed by atoms with Gasteiger partial charge in [-0.25, -0.2) is 4.79 Å². The van der Waals surface area contributed by atoms with Crippen LogP contribution >= 0.6 is 0 Å². The molecule has 0 unspecified atom stereocenters. The molecule has 0 aliphatic rings. The van der Waals surface area contributed by atoms with Crippen LogP contribution in [0.5, 0.6) is 28.7 Å². The minimum atomic E-state index is -4.69. The molecule has 0 aliphatic heterocycles. The van der Waals surface area contributed by atoms with Crippen LogP contribution < -0.4 is 24.3 Å². The van der Waals surface area contributed by atoms with E-state index in [1.807, 2.05) is 0 Å². The van der Waals surface area contributed by atoms with E-state index >= 15 is 0 Å². The van der Waals surface area contributed by atoms with Crippen molar-refractivity contribution in [3.63, 3.8) is 0 Å². The van der Waals surface area contributed by atoms with Crippen molar-refractivity contribution in [2.24, 2.45) is 0 Å². The van der Waals surface area contributed by atoms with Gasteiger partial charge in [-0.2, -0.15) is 26.3 Å². The Morgan fingerprint density at radius 3 is 1.61 bits per heavy atom. The second-order valence-corrected chi connectivity index (χ2v) is 16.3. The minimum absolute atomic E-state index is 0.00337. The molecule has 0 saturated carbocycles. The predicted molar refractivity (Wildman–Crippen MR) is 242 cm³/mol. The quantitative estimate of drug-likeness (QED) is 0.0593. The van der Waals surface area contributed by atoms with Gasteiger partial charge in [0.15, 0.2) is 0 Å². The summed E-state index contributed by atoms with van der Waals surface area (Å²) in [7, 11) is 5.10. The summed E-state index contributed by atoms with van der Waals surface area (Å²) in [6.07, 6.45) is -10.4. The second kappa shape index (κ2) is 23.5. The van der Waals surface area contributed by atoms with Crippen molar-refractivity contribution in [3.8, 4) is 28.7 Å². The van der Waals surface area contributed by atoms with E-state index in [9.17, 15) is 55.4 Å². The Hall–Kier alpha value is -7.77. The topological polar surface area (TPSA) is 187 Å². The van der Waals surface area contributed by atoms with E-state index < -0.39 is 71.5 Å². The summed E-state index contributed by atoms with van der Waals surface area (Å²) >= 11 is 0. The average molecular weight is 985 g/mol. The predicted octanol–water partition coefficient (Wildman–Crippen LogP) is 9.37. The van der Waals surface area contributed by atoms with E-state index in [4.69, 9.17) is 28.8 Å². The van der Waals surface area contributed by atoms with Crippen LogP contribution in [0.3, 0.4) is 0 Å². The molecule has 20 heteroatoms. The van der Waals surface area contributed by atoms with Gasteiger partial charge in [-0.1, -0.05) is 30.3 Å². The molecule has 2 amide bonds. The zero-order valence-corrected chi connectivity index (χ0v) is 39.0. The number of benzene rings is 5. The number of ether oxygens (including phenoxy) is 5. The molecule has 0 heterocycles. The molecule has 0 aliphatic carbocycles. The Balaban J connectivity index is 0.000000338. The van der Waals surface area contributed by atoms with Crippen LogP contribution in [0.25, 0.3) is 0 Å². The van der Waals surface area contributed by atoms with E-state index in [2.05, 4.69) is 5.32 Å². The molecule has 374 valence electrons. The van der Waals surface area contributed by atoms with E-state index in [1.165, 1.54) is 106 Å². The first-order valence-electron chi connectivity index (χ1n) is 20.9. The van der Waals surface area contributed by atoms with Crippen molar-refractivity contribution in [2.45, 2.75) is 64.5 Å². The fourth-order valence-electron chi connectivity index (χ4n) is 6.77. The number of halogens is 6. The lowest BCUT2D eigenvalue weighted by Gasteiger charge is -2.26. The number of aromatic hydroxyl groups is 1. The van der Waals surface area contributed by atoms with Crippen LogP contribution in [0.1, 0.15) is 74.9 Å². The molecule has 5 rings (SSSR count). The van der Waals surface area contributed by atoms with Crippen molar-refractivity contribution >= 4 is 35.2 Å². The molecule has 0 aromatic heterocycles. The third-order valence-electron chi connectivity index (χ3n) is 9.93. The number of carboxylic acids is 1. The summed E-state index contributed by atoms with van der Waals surface area (Å²) in [4.78, 5) is 63.6. The van der Waals surface area contributed by atoms with E-state index in [0.29, 0.717) is 11.1 Å². The van der Waals surface area contributed by atoms with Crippen LogP contribution in [0.2, 0.25) is 0 Å².